The number of hydrogen-bond acceptors (Lipinski definition) is 6. The zero-order valence-electron chi connectivity index (χ0n) is 16.0. The second-order valence-corrected chi connectivity index (χ2v) is 6.86. The summed E-state index contributed by atoms with van der Waals surface area (Å²) in [4.78, 5) is 13.1. The van der Waals surface area contributed by atoms with E-state index in [1.807, 2.05) is 57.2 Å². The van der Waals surface area contributed by atoms with Crippen LogP contribution in [0.1, 0.15) is 17.0 Å². The summed E-state index contributed by atoms with van der Waals surface area (Å²) in [5.41, 5.74) is 3.49. The molecule has 0 aliphatic heterocycles. The SMILES string of the molecule is COc1cccc2c(C)cc(-n3nc(C)cc3Nc3cc(C)nc(Cl)n3)nc12. The molecule has 0 aliphatic carbocycles. The lowest BCUT2D eigenvalue weighted by Crippen LogP contribution is -2.07. The first-order chi connectivity index (χ1) is 13.4. The molecule has 0 saturated heterocycles. The third kappa shape index (κ3) is 3.36. The van der Waals surface area contributed by atoms with Gasteiger partial charge in [-0.3, -0.25) is 0 Å². The van der Waals surface area contributed by atoms with Gasteiger partial charge in [0.2, 0.25) is 5.28 Å². The van der Waals surface area contributed by atoms with Crippen LogP contribution in [0.4, 0.5) is 11.6 Å². The minimum Gasteiger partial charge on any atom is -0.494 e. The van der Waals surface area contributed by atoms with Crippen molar-refractivity contribution in [2.24, 2.45) is 0 Å². The Morgan fingerprint density at radius 3 is 2.57 bits per heavy atom. The van der Waals surface area contributed by atoms with Crippen LogP contribution in [0.25, 0.3) is 16.7 Å². The molecule has 0 unspecified atom stereocenters. The normalized spacial score (nSPS) is 11.0. The van der Waals surface area contributed by atoms with Gasteiger partial charge in [0.15, 0.2) is 5.82 Å². The highest BCUT2D eigenvalue weighted by atomic mass is 35.5. The third-order valence-corrected chi connectivity index (χ3v) is 4.52. The van der Waals surface area contributed by atoms with E-state index in [9.17, 15) is 0 Å². The molecule has 0 spiro atoms. The van der Waals surface area contributed by atoms with Crippen LogP contribution >= 0.6 is 11.6 Å². The number of hydrogen-bond donors (Lipinski definition) is 1. The Kier molecular flexibility index (Phi) is 4.60. The number of aryl methyl sites for hydroxylation is 3. The third-order valence-electron chi connectivity index (χ3n) is 4.35. The van der Waals surface area contributed by atoms with E-state index in [0.717, 1.165) is 39.4 Å². The molecule has 28 heavy (non-hydrogen) atoms. The van der Waals surface area contributed by atoms with Gasteiger partial charge in [-0.05, 0) is 50.1 Å². The second kappa shape index (κ2) is 7.09. The van der Waals surface area contributed by atoms with E-state index in [4.69, 9.17) is 21.3 Å². The molecule has 0 bridgehead atoms. The van der Waals surface area contributed by atoms with Gasteiger partial charge in [-0.1, -0.05) is 12.1 Å². The number of ether oxygens (including phenoxy) is 1. The van der Waals surface area contributed by atoms with Crippen LogP contribution < -0.4 is 10.1 Å². The minimum absolute atomic E-state index is 0.190. The highest BCUT2D eigenvalue weighted by molar-refractivity contribution is 6.28. The molecular weight excluding hydrogens is 376 g/mol. The van der Waals surface area contributed by atoms with Crippen LogP contribution in [-0.2, 0) is 0 Å². The molecule has 142 valence electrons. The van der Waals surface area contributed by atoms with Gasteiger partial charge in [-0.15, -0.1) is 0 Å². The van der Waals surface area contributed by atoms with E-state index < -0.39 is 0 Å². The quantitative estimate of drug-likeness (QED) is 0.512. The number of nitrogens with one attached hydrogen (secondary N) is 1. The van der Waals surface area contributed by atoms with Crippen molar-refractivity contribution < 1.29 is 4.74 Å². The minimum atomic E-state index is 0.190. The van der Waals surface area contributed by atoms with E-state index in [-0.39, 0.29) is 5.28 Å². The molecule has 4 aromatic rings. The van der Waals surface area contributed by atoms with Crippen molar-refractivity contribution in [2.75, 3.05) is 12.4 Å². The first-order valence-electron chi connectivity index (χ1n) is 8.74. The number of aromatic nitrogens is 5. The van der Waals surface area contributed by atoms with Gasteiger partial charge in [0.1, 0.15) is 22.9 Å². The summed E-state index contributed by atoms with van der Waals surface area (Å²) in [6.07, 6.45) is 0. The fourth-order valence-corrected chi connectivity index (χ4v) is 3.36. The van der Waals surface area contributed by atoms with Gasteiger partial charge in [0, 0.05) is 23.2 Å². The maximum atomic E-state index is 5.99. The molecule has 0 radical (unpaired) electrons. The maximum Gasteiger partial charge on any atom is 0.224 e. The summed E-state index contributed by atoms with van der Waals surface area (Å²) >= 11 is 5.99. The number of methoxy groups -OCH3 is 1. The predicted octanol–water partition coefficient (Wildman–Crippen LogP) is 4.54. The van der Waals surface area contributed by atoms with E-state index >= 15 is 0 Å². The van der Waals surface area contributed by atoms with Crippen LogP contribution in [0.3, 0.4) is 0 Å². The molecule has 1 aromatic carbocycles. The number of benzene rings is 1. The van der Waals surface area contributed by atoms with Gasteiger partial charge in [0.25, 0.3) is 0 Å². The molecule has 8 heteroatoms. The summed E-state index contributed by atoms with van der Waals surface area (Å²) in [7, 11) is 1.64. The van der Waals surface area contributed by atoms with Crippen LogP contribution in [0.15, 0.2) is 36.4 Å². The molecule has 0 amide bonds. The Hall–Kier alpha value is -3.19. The number of nitrogens with zero attached hydrogens (tertiary/aromatic N) is 5. The average molecular weight is 395 g/mol. The summed E-state index contributed by atoms with van der Waals surface area (Å²) in [6, 6.07) is 11.6. The monoisotopic (exact) mass is 394 g/mol. The molecule has 7 nitrogen and oxygen atoms in total. The van der Waals surface area contributed by atoms with Crippen molar-refractivity contribution in [1.82, 2.24) is 24.7 Å². The number of para-hydroxylation sites is 1. The Morgan fingerprint density at radius 1 is 1.00 bits per heavy atom. The largest absolute Gasteiger partial charge is 0.494 e. The molecular formula is C20H19ClN6O. The van der Waals surface area contributed by atoms with Crippen LogP contribution in [-0.4, -0.2) is 31.8 Å². The first kappa shape index (κ1) is 18.2. The number of fused-ring (bicyclic) bond motifs is 1. The Morgan fingerprint density at radius 2 is 1.82 bits per heavy atom. The molecule has 4 rings (SSSR count). The Balaban J connectivity index is 1.84. The predicted molar refractivity (Wildman–Crippen MR) is 110 cm³/mol. The van der Waals surface area contributed by atoms with E-state index in [2.05, 4.69) is 20.4 Å². The molecule has 0 saturated carbocycles. The number of rotatable bonds is 4. The van der Waals surface area contributed by atoms with Gasteiger partial charge in [0.05, 0.1) is 12.8 Å². The van der Waals surface area contributed by atoms with Gasteiger partial charge in [-0.2, -0.15) is 9.78 Å². The lowest BCUT2D eigenvalue weighted by molar-refractivity contribution is 0.419. The summed E-state index contributed by atoms with van der Waals surface area (Å²) in [6.45, 7) is 5.83. The fraction of sp³-hybridized carbons (Fsp3) is 0.200. The zero-order chi connectivity index (χ0) is 19.8. The molecule has 0 fully saturated rings. The van der Waals surface area contributed by atoms with Crippen molar-refractivity contribution >= 4 is 34.1 Å². The molecule has 3 aromatic heterocycles. The van der Waals surface area contributed by atoms with Crippen molar-refractivity contribution in [3.63, 3.8) is 0 Å². The Labute approximate surface area is 167 Å². The molecule has 0 atom stereocenters. The summed E-state index contributed by atoms with van der Waals surface area (Å²) in [5, 5.41) is 9.09. The number of halogens is 1. The maximum absolute atomic E-state index is 5.99. The standard InChI is InChI=1S/C20H19ClN6O/c1-11-8-17(25-19-14(11)6-5-7-15(19)28-4)27-18(10-13(3)26-27)23-16-9-12(2)22-20(21)24-16/h5-10H,1-4H3,(H,22,23,24). The number of pyridine rings is 1. The second-order valence-electron chi connectivity index (χ2n) is 6.53. The molecule has 1 N–H and O–H groups in total. The van der Waals surface area contributed by atoms with E-state index in [1.165, 1.54) is 0 Å². The average Bonchev–Trinajstić information content (AvgIpc) is 3.00. The topological polar surface area (TPSA) is 77.8 Å². The smallest absolute Gasteiger partial charge is 0.224 e. The highest BCUT2D eigenvalue weighted by Gasteiger charge is 2.14. The number of anilines is 2. The van der Waals surface area contributed by atoms with Crippen molar-refractivity contribution in [1.29, 1.82) is 0 Å². The van der Waals surface area contributed by atoms with E-state index in [0.29, 0.717) is 11.6 Å². The van der Waals surface area contributed by atoms with E-state index in [1.54, 1.807) is 11.8 Å². The fourth-order valence-electron chi connectivity index (χ4n) is 3.14. The Bertz CT molecular complexity index is 1170. The van der Waals surface area contributed by atoms with Gasteiger partial charge >= 0.3 is 0 Å². The van der Waals surface area contributed by atoms with Gasteiger partial charge in [-0.25, -0.2) is 15.0 Å². The summed E-state index contributed by atoms with van der Waals surface area (Å²) < 4.78 is 7.24. The highest BCUT2D eigenvalue weighted by Crippen LogP contribution is 2.29. The van der Waals surface area contributed by atoms with Crippen LogP contribution in [0.2, 0.25) is 5.28 Å². The molecule has 0 aliphatic rings. The van der Waals surface area contributed by atoms with Crippen LogP contribution in [0, 0.1) is 20.8 Å². The van der Waals surface area contributed by atoms with Crippen molar-refractivity contribution in [2.45, 2.75) is 20.8 Å². The lowest BCUT2D eigenvalue weighted by Gasteiger charge is -2.12. The zero-order valence-corrected chi connectivity index (χ0v) is 16.7. The summed E-state index contributed by atoms with van der Waals surface area (Å²) in [5.74, 6) is 2.72. The lowest BCUT2D eigenvalue weighted by atomic mass is 10.1. The van der Waals surface area contributed by atoms with Crippen LogP contribution in [0.5, 0.6) is 5.75 Å². The first-order valence-corrected chi connectivity index (χ1v) is 9.12. The van der Waals surface area contributed by atoms with Gasteiger partial charge < -0.3 is 10.1 Å². The molecule has 3 heterocycles. The van der Waals surface area contributed by atoms with Crippen molar-refractivity contribution in [3.05, 3.63) is 58.6 Å². The van der Waals surface area contributed by atoms with Crippen molar-refractivity contribution in [3.8, 4) is 11.6 Å².